The van der Waals surface area contributed by atoms with E-state index in [4.69, 9.17) is 14.2 Å². The molecule has 0 saturated heterocycles. The summed E-state index contributed by atoms with van der Waals surface area (Å²) in [6, 6.07) is 8.07. The number of phenols is 1. The monoisotopic (exact) mass is 330 g/mol. The third kappa shape index (κ3) is 2.65. The topological polar surface area (TPSA) is 85.2 Å². The number of carbonyl (C=O) groups excluding carboxylic acids is 1. The summed E-state index contributed by atoms with van der Waals surface area (Å²) < 4.78 is 16.5. The Morgan fingerprint density at radius 3 is 2.58 bits per heavy atom. The fourth-order valence-electron chi connectivity index (χ4n) is 3.02. The summed E-state index contributed by atoms with van der Waals surface area (Å²) in [4.78, 5) is 11.1. The highest BCUT2D eigenvalue weighted by Crippen LogP contribution is 2.51. The van der Waals surface area contributed by atoms with Crippen LogP contribution in [0, 0.1) is 0 Å². The maximum atomic E-state index is 11.1. The fourth-order valence-corrected chi connectivity index (χ4v) is 3.02. The molecule has 0 spiro atoms. The van der Waals surface area contributed by atoms with Gasteiger partial charge in [-0.1, -0.05) is 0 Å². The summed E-state index contributed by atoms with van der Waals surface area (Å²) in [5.41, 5.74) is 1.81. The molecular formula is C18H18O6. The van der Waals surface area contributed by atoms with Crippen molar-refractivity contribution in [1.29, 1.82) is 0 Å². The molecule has 126 valence electrons. The molecule has 0 radical (unpaired) electrons. The molecule has 2 atom stereocenters. The number of ether oxygens (including phenoxy) is 3. The van der Waals surface area contributed by atoms with Gasteiger partial charge in [0.1, 0.15) is 23.9 Å². The molecule has 0 aliphatic carbocycles. The minimum atomic E-state index is -0.526. The summed E-state index contributed by atoms with van der Waals surface area (Å²) in [7, 11) is 3.00. The van der Waals surface area contributed by atoms with Gasteiger partial charge in [0, 0.05) is 22.8 Å². The lowest BCUT2D eigenvalue weighted by Gasteiger charge is -2.18. The maximum absolute atomic E-state index is 11.1. The molecule has 6 heteroatoms. The third-order valence-electron chi connectivity index (χ3n) is 4.15. The van der Waals surface area contributed by atoms with Crippen molar-refractivity contribution in [1.82, 2.24) is 0 Å². The van der Waals surface area contributed by atoms with E-state index in [2.05, 4.69) is 0 Å². The number of methoxy groups -OCH3 is 2. The van der Waals surface area contributed by atoms with Crippen molar-refractivity contribution < 1.29 is 29.2 Å². The average Bonchev–Trinajstić information content (AvgIpc) is 2.98. The summed E-state index contributed by atoms with van der Waals surface area (Å²) in [6.45, 7) is -0.179. The van der Waals surface area contributed by atoms with Crippen LogP contribution in [0.25, 0.3) is 0 Å². The molecule has 3 rings (SSSR count). The molecule has 2 N–H and O–H groups in total. The lowest BCUT2D eigenvalue weighted by atomic mass is 9.90. The van der Waals surface area contributed by atoms with Gasteiger partial charge in [-0.15, -0.1) is 0 Å². The van der Waals surface area contributed by atoms with Crippen LogP contribution < -0.4 is 14.2 Å². The lowest BCUT2D eigenvalue weighted by molar-refractivity contribution is 0.112. The molecule has 0 fully saturated rings. The predicted molar refractivity (Wildman–Crippen MR) is 86.2 cm³/mol. The normalized spacial score (nSPS) is 18.6. The number of rotatable bonds is 5. The molecule has 0 saturated carbocycles. The fraction of sp³-hybridized carbons (Fsp3) is 0.278. The Balaban J connectivity index is 2.09. The number of hydrogen-bond donors (Lipinski definition) is 2. The Labute approximate surface area is 139 Å². The van der Waals surface area contributed by atoms with Crippen LogP contribution in [0.5, 0.6) is 23.0 Å². The number of carbonyl (C=O) groups is 1. The molecule has 0 aromatic heterocycles. The highest BCUT2D eigenvalue weighted by Gasteiger charge is 2.38. The number of hydrogen-bond acceptors (Lipinski definition) is 6. The van der Waals surface area contributed by atoms with Crippen molar-refractivity contribution in [2.45, 2.75) is 12.0 Å². The zero-order chi connectivity index (χ0) is 17.3. The molecule has 2 aromatic rings. The van der Waals surface area contributed by atoms with Gasteiger partial charge in [-0.25, -0.2) is 0 Å². The van der Waals surface area contributed by atoms with Crippen LogP contribution in [0.4, 0.5) is 0 Å². The Morgan fingerprint density at radius 2 is 1.96 bits per heavy atom. The maximum Gasteiger partial charge on any atom is 0.165 e. The molecule has 0 bridgehead atoms. The third-order valence-corrected chi connectivity index (χ3v) is 4.15. The molecule has 1 heterocycles. The number of aliphatic hydroxyl groups is 1. The number of aromatic hydroxyl groups is 1. The van der Waals surface area contributed by atoms with E-state index in [0.29, 0.717) is 33.9 Å². The van der Waals surface area contributed by atoms with E-state index >= 15 is 0 Å². The second kappa shape index (κ2) is 6.41. The van der Waals surface area contributed by atoms with Crippen molar-refractivity contribution in [3.8, 4) is 23.0 Å². The largest absolute Gasteiger partial charge is 0.508 e. The summed E-state index contributed by atoms with van der Waals surface area (Å²) in [5.74, 6) is 1.07. The predicted octanol–water partition coefficient (Wildman–Crippen LogP) is 2.43. The van der Waals surface area contributed by atoms with Crippen LogP contribution in [0.3, 0.4) is 0 Å². The smallest absolute Gasteiger partial charge is 0.165 e. The SMILES string of the molecule is COc1cc(O)cc(C2Oc3c(OC)cc(C=O)cc3C2CO)c1. The zero-order valence-corrected chi connectivity index (χ0v) is 13.4. The van der Waals surface area contributed by atoms with Crippen molar-refractivity contribution in [3.05, 3.63) is 47.0 Å². The van der Waals surface area contributed by atoms with Crippen LogP contribution in [0.15, 0.2) is 30.3 Å². The summed E-state index contributed by atoms with van der Waals surface area (Å²) in [5, 5.41) is 19.7. The highest BCUT2D eigenvalue weighted by molar-refractivity contribution is 5.78. The Hall–Kier alpha value is -2.73. The van der Waals surface area contributed by atoms with Gasteiger partial charge in [0.2, 0.25) is 0 Å². The minimum Gasteiger partial charge on any atom is -0.508 e. The first-order valence-corrected chi connectivity index (χ1v) is 7.43. The molecule has 2 aromatic carbocycles. The summed E-state index contributed by atoms with van der Waals surface area (Å²) >= 11 is 0. The number of benzene rings is 2. The number of aldehydes is 1. The van der Waals surface area contributed by atoms with Gasteiger partial charge >= 0.3 is 0 Å². The Morgan fingerprint density at radius 1 is 1.17 bits per heavy atom. The molecule has 1 aliphatic rings. The van der Waals surface area contributed by atoms with Crippen LogP contribution >= 0.6 is 0 Å². The van der Waals surface area contributed by atoms with Crippen LogP contribution in [-0.4, -0.2) is 37.3 Å². The van der Waals surface area contributed by atoms with Gasteiger partial charge in [-0.3, -0.25) is 4.79 Å². The number of phenolic OH excluding ortho intramolecular Hbond substituents is 1. The van der Waals surface area contributed by atoms with Crippen LogP contribution in [-0.2, 0) is 0 Å². The van der Waals surface area contributed by atoms with Crippen LogP contribution in [0.2, 0.25) is 0 Å². The van der Waals surface area contributed by atoms with Gasteiger partial charge in [-0.2, -0.15) is 0 Å². The molecule has 24 heavy (non-hydrogen) atoms. The first kappa shape index (κ1) is 16.1. The molecule has 2 unspecified atom stereocenters. The van der Waals surface area contributed by atoms with Gasteiger partial charge in [-0.05, 0) is 24.3 Å². The standard InChI is InChI=1S/C18H18O6/c1-22-13-6-11(5-12(21)7-13)17-15(9-20)14-3-10(8-19)4-16(23-2)18(14)24-17/h3-8,15,17,20-21H,9H2,1-2H3. The van der Waals surface area contributed by atoms with Gasteiger partial charge in [0.15, 0.2) is 11.5 Å². The van der Waals surface area contributed by atoms with E-state index in [-0.39, 0.29) is 18.3 Å². The van der Waals surface area contributed by atoms with Gasteiger partial charge < -0.3 is 24.4 Å². The van der Waals surface area contributed by atoms with E-state index in [1.807, 2.05) is 0 Å². The van der Waals surface area contributed by atoms with Crippen molar-refractivity contribution >= 4 is 6.29 Å². The van der Waals surface area contributed by atoms with Crippen molar-refractivity contribution in [2.24, 2.45) is 0 Å². The number of fused-ring (bicyclic) bond motifs is 1. The van der Waals surface area contributed by atoms with Gasteiger partial charge in [0.05, 0.1) is 26.7 Å². The van der Waals surface area contributed by atoms with E-state index < -0.39 is 6.10 Å². The Bertz CT molecular complexity index is 770. The van der Waals surface area contributed by atoms with E-state index in [1.54, 1.807) is 24.3 Å². The minimum absolute atomic E-state index is 0.0427. The van der Waals surface area contributed by atoms with Gasteiger partial charge in [0.25, 0.3) is 0 Å². The van der Waals surface area contributed by atoms with E-state index in [9.17, 15) is 15.0 Å². The first-order chi connectivity index (χ1) is 11.6. The quantitative estimate of drug-likeness (QED) is 0.819. The lowest BCUT2D eigenvalue weighted by Crippen LogP contribution is -2.13. The van der Waals surface area contributed by atoms with E-state index in [0.717, 1.165) is 6.29 Å². The first-order valence-electron chi connectivity index (χ1n) is 7.43. The van der Waals surface area contributed by atoms with Crippen molar-refractivity contribution in [2.75, 3.05) is 20.8 Å². The second-order valence-electron chi connectivity index (χ2n) is 5.55. The Kier molecular flexibility index (Phi) is 4.31. The van der Waals surface area contributed by atoms with E-state index in [1.165, 1.54) is 20.3 Å². The highest BCUT2D eigenvalue weighted by atomic mass is 16.5. The van der Waals surface area contributed by atoms with Crippen LogP contribution in [0.1, 0.15) is 33.5 Å². The van der Waals surface area contributed by atoms with Crippen molar-refractivity contribution in [3.63, 3.8) is 0 Å². The molecule has 0 amide bonds. The molecule has 6 nitrogen and oxygen atoms in total. The molecule has 1 aliphatic heterocycles. The zero-order valence-electron chi connectivity index (χ0n) is 13.4. The molecular weight excluding hydrogens is 312 g/mol. The number of aliphatic hydroxyl groups excluding tert-OH is 1. The second-order valence-corrected chi connectivity index (χ2v) is 5.55. The summed E-state index contributed by atoms with van der Waals surface area (Å²) in [6.07, 6.45) is 0.198. The average molecular weight is 330 g/mol.